The first-order chi connectivity index (χ1) is 6.35. The van der Waals surface area contributed by atoms with Crippen molar-refractivity contribution < 1.29 is 9.47 Å². The fourth-order valence-electron chi connectivity index (χ4n) is 1.51. The highest BCUT2D eigenvalue weighted by atomic mass is 127. The molecule has 2 rings (SSSR count). The minimum atomic E-state index is 0.533. The van der Waals surface area contributed by atoms with Gasteiger partial charge in [0.2, 0.25) is 0 Å². The Morgan fingerprint density at radius 1 is 1.62 bits per heavy atom. The first kappa shape index (κ1) is 9.12. The van der Waals surface area contributed by atoms with E-state index in [9.17, 15) is 0 Å². The second-order valence-corrected chi connectivity index (χ2v) is 3.95. The normalized spacial score (nSPS) is 19.4. The molecule has 3 heteroatoms. The molecule has 1 aromatic rings. The number of methoxy groups -OCH3 is 1. The molecular weight excluding hydrogens is 279 g/mol. The van der Waals surface area contributed by atoms with E-state index in [0.29, 0.717) is 5.92 Å². The molecule has 70 valence electrons. The molecule has 1 aliphatic rings. The van der Waals surface area contributed by atoms with Crippen molar-refractivity contribution in [2.45, 2.75) is 5.92 Å². The van der Waals surface area contributed by atoms with Gasteiger partial charge in [0.25, 0.3) is 0 Å². The molecule has 0 aliphatic carbocycles. The number of hydrogen-bond acceptors (Lipinski definition) is 2. The van der Waals surface area contributed by atoms with E-state index in [4.69, 9.17) is 9.47 Å². The largest absolute Gasteiger partial charge is 0.497 e. The van der Waals surface area contributed by atoms with Gasteiger partial charge in [-0.1, -0.05) is 22.6 Å². The topological polar surface area (TPSA) is 18.5 Å². The quantitative estimate of drug-likeness (QED) is 0.616. The molecule has 2 nitrogen and oxygen atoms in total. The van der Waals surface area contributed by atoms with Gasteiger partial charge >= 0.3 is 0 Å². The van der Waals surface area contributed by atoms with Crippen LogP contribution in [0.1, 0.15) is 11.5 Å². The predicted molar refractivity (Wildman–Crippen MR) is 60.1 cm³/mol. The summed E-state index contributed by atoms with van der Waals surface area (Å²) in [6, 6.07) is 6.00. The van der Waals surface area contributed by atoms with Gasteiger partial charge in [0.1, 0.15) is 11.5 Å². The summed E-state index contributed by atoms with van der Waals surface area (Å²) in [5, 5.41) is 0. The van der Waals surface area contributed by atoms with Crippen LogP contribution in [0, 0.1) is 0 Å². The minimum Gasteiger partial charge on any atom is -0.497 e. The molecule has 0 saturated carbocycles. The fraction of sp³-hybridized carbons (Fsp3) is 0.400. The monoisotopic (exact) mass is 290 g/mol. The van der Waals surface area contributed by atoms with Crippen molar-refractivity contribution in [2.75, 3.05) is 18.1 Å². The van der Waals surface area contributed by atoms with Crippen LogP contribution in [0.4, 0.5) is 0 Å². The van der Waals surface area contributed by atoms with Gasteiger partial charge in [-0.2, -0.15) is 0 Å². The Hall–Kier alpha value is -0.450. The maximum atomic E-state index is 5.54. The lowest BCUT2D eigenvalue weighted by atomic mass is 10.0. The number of ether oxygens (including phenoxy) is 2. The molecule has 1 aliphatic heterocycles. The zero-order chi connectivity index (χ0) is 9.26. The van der Waals surface area contributed by atoms with Crippen molar-refractivity contribution in [3.63, 3.8) is 0 Å². The lowest BCUT2D eigenvalue weighted by Gasteiger charge is -2.05. The van der Waals surface area contributed by atoms with Crippen LogP contribution < -0.4 is 9.47 Å². The van der Waals surface area contributed by atoms with Crippen LogP contribution in [0.15, 0.2) is 18.2 Å². The van der Waals surface area contributed by atoms with Gasteiger partial charge in [-0.3, -0.25) is 0 Å². The molecule has 0 aromatic heterocycles. The van der Waals surface area contributed by atoms with Gasteiger partial charge in [-0.25, -0.2) is 0 Å². The summed E-state index contributed by atoms with van der Waals surface area (Å²) in [4.78, 5) is 0. The number of fused-ring (bicyclic) bond motifs is 1. The zero-order valence-corrected chi connectivity index (χ0v) is 9.58. The van der Waals surface area contributed by atoms with Gasteiger partial charge in [0.15, 0.2) is 0 Å². The molecule has 0 N–H and O–H groups in total. The summed E-state index contributed by atoms with van der Waals surface area (Å²) in [6.45, 7) is 0.811. The molecule has 0 saturated heterocycles. The van der Waals surface area contributed by atoms with Crippen molar-refractivity contribution >= 4 is 22.6 Å². The van der Waals surface area contributed by atoms with E-state index < -0.39 is 0 Å². The van der Waals surface area contributed by atoms with Crippen LogP contribution in [0.3, 0.4) is 0 Å². The number of benzene rings is 1. The molecule has 13 heavy (non-hydrogen) atoms. The van der Waals surface area contributed by atoms with Gasteiger partial charge < -0.3 is 9.47 Å². The Labute approximate surface area is 91.4 Å². The van der Waals surface area contributed by atoms with Crippen LogP contribution in [0.25, 0.3) is 0 Å². The Kier molecular flexibility index (Phi) is 2.62. The Balaban J connectivity index is 2.37. The Bertz CT molecular complexity index is 312. The highest BCUT2D eigenvalue weighted by molar-refractivity contribution is 14.1. The van der Waals surface area contributed by atoms with E-state index in [0.717, 1.165) is 22.5 Å². The van der Waals surface area contributed by atoms with Crippen molar-refractivity contribution in [3.05, 3.63) is 23.8 Å². The smallest absolute Gasteiger partial charge is 0.123 e. The summed E-state index contributed by atoms with van der Waals surface area (Å²) < 4.78 is 11.8. The van der Waals surface area contributed by atoms with E-state index in [1.807, 2.05) is 12.1 Å². The van der Waals surface area contributed by atoms with E-state index in [2.05, 4.69) is 28.7 Å². The van der Waals surface area contributed by atoms with Crippen LogP contribution >= 0.6 is 22.6 Å². The number of halogens is 1. The van der Waals surface area contributed by atoms with Crippen molar-refractivity contribution in [1.29, 1.82) is 0 Å². The average molecular weight is 290 g/mol. The lowest BCUT2D eigenvalue weighted by Crippen LogP contribution is -2.00. The summed E-state index contributed by atoms with van der Waals surface area (Å²) in [7, 11) is 1.69. The van der Waals surface area contributed by atoms with Crippen molar-refractivity contribution in [1.82, 2.24) is 0 Å². The molecule has 1 heterocycles. The number of hydrogen-bond donors (Lipinski definition) is 0. The zero-order valence-electron chi connectivity index (χ0n) is 7.42. The molecule has 0 radical (unpaired) electrons. The van der Waals surface area contributed by atoms with Crippen LogP contribution in [-0.4, -0.2) is 18.1 Å². The van der Waals surface area contributed by atoms with Crippen molar-refractivity contribution in [2.24, 2.45) is 0 Å². The van der Waals surface area contributed by atoms with E-state index in [1.54, 1.807) is 7.11 Å². The SMILES string of the molecule is COc1ccc2c(c1)C(CI)CO2. The molecule has 1 aromatic carbocycles. The van der Waals surface area contributed by atoms with Crippen LogP contribution in [-0.2, 0) is 0 Å². The molecule has 1 atom stereocenters. The standard InChI is InChI=1S/C10H11IO2/c1-12-8-2-3-10-9(4-8)7(5-11)6-13-10/h2-4,7H,5-6H2,1H3. The highest BCUT2D eigenvalue weighted by Crippen LogP contribution is 2.37. The third kappa shape index (κ3) is 1.61. The van der Waals surface area contributed by atoms with Gasteiger partial charge in [0.05, 0.1) is 13.7 Å². The predicted octanol–water partition coefficient (Wildman–Crippen LogP) is 2.61. The highest BCUT2D eigenvalue weighted by Gasteiger charge is 2.23. The van der Waals surface area contributed by atoms with Crippen LogP contribution in [0.5, 0.6) is 11.5 Å². The van der Waals surface area contributed by atoms with Crippen molar-refractivity contribution in [3.8, 4) is 11.5 Å². The fourth-order valence-corrected chi connectivity index (χ4v) is 2.24. The Morgan fingerprint density at radius 2 is 2.46 bits per heavy atom. The first-order valence-corrected chi connectivity index (χ1v) is 5.74. The third-order valence-electron chi connectivity index (χ3n) is 2.28. The molecule has 0 spiro atoms. The maximum absolute atomic E-state index is 5.54. The second-order valence-electron chi connectivity index (χ2n) is 3.07. The lowest BCUT2D eigenvalue weighted by molar-refractivity contribution is 0.339. The maximum Gasteiger partial charge on any atom is 0.123 e. The summed E-state index contributed by atoms with van der Waals surface area (Å²) in [6.07, 6.45) is 0. The molecular formula is C10H11IO2. The molecule has 0 bridgehead atoms. The summed E-state index contributed by atoms with van der Waals surface area (Å²) in [5.74, 6) is 2.47. The number of rotatable bonds is 2. The first-order valence-electron chi connectivity index (χ1n) is 4.22. The second kappa shape index (κ2) is 3.74. The summed E-state index contributed by atoms with van der Waals surface area (Å²) >= 11 is 2.39. The van der Waals surface area contributed by atoms with Gasteiger partial charge in [0, 0.05) is 15.9 Å². The van der Waals surface area contributed by atoms with E-state index in [-0.39, 0.29) is 0 Å². The van der Waals surface area contributed by atoms with E-state index >= 15 is 0 Å². The van der Waals surface area contributed by atoms with Gasteiger partial charge in [-0.05, 0) is 18.2 Å². The molecule has 1 unspecified atom stereocenters. The van der Waals surface area contributed by atoms with E-state index in [1.165, 1.54) is 5.56 Å². The summed E-state index contributed by atoms with van der Waals surface area (Å²) in [5.41, 5.74) is 1.29. The molecule has 0 amide bonds. The van der Waals surface area contributed by atoms with Gasteiger partial charge in [-0.15, -0.1) is 0 Å². The third-order valence-corrected chi connectivity index (χ3v) is 3.35. The minimum absolute atomic E-state index is 0.533. The molecule has 0 fully saturated rings. The Morgan fingerprint density at radius 3 is 3.15 bits per heavy atom. The van der Waals surface area contributed by atoms with Crippen LogP contribution in [0.2, 0.25) is 0 Å². The number of alkyl halides is 1. The average Bonchev–Trinajstić information content (AvgIpc) is 2.59.